The van der Waals surface area contributed by atoms with E-state index in [1.807, 2.05) is 0 Å². The monoisotopic (exact) mass is 218 g/mol. The van der Waals surface area contributed by atoms with Crippen molar-refractivity contribution in [2.24, 2.45) is 0 Å². The third-order valence-electron chi connectivity index (χ3n) is 3.04. The molecule has 13 heavy (non-hydrogen) atoms. The van der Waals surface area contributed by atoms with E-state index in [9.17, 15) is 0 Å². The fourth-order valence-corrected chi connectivity index (χ4v) is 1.87. The molecule has 0 heterocycles. The first kappa shape index (κ1) is 13.4. The van der Waals surface area contributed by atoms with Gasteiger partial charge in [-0.1, -0.05) is 40.0 Å². The van der Waals surface area contributed by atoms with E-state index in [2.05, 4.69) is 40.0 Å². The minimum absolute atomic E-state index is 0.466. The van der Waals surface area contributed by atoms with Gasteiger partial charge >= 0.3 is 0 Å². The molecule has 0 rings (SSSR count). The summed E-state index contributed by atoms with van der Waals surface area (Å²) in [5.41, 5.74) is 1.67. The molecule has 3 heteroatoms. The van der Waals surface area contributed by atoms with Crippen LogP contribution in [0, 0.1) is 0 Å². The summed E-state index contributed by atoms with van der Waals surface area (Å²) in [6.45, 7) is 16.2. The van der Waals surface area contributed by atoms with Crippen LogP contribution in [0.25, 0.3) is 0 Å². The Kier molecular flexibility index (Phi) is 7.00. The third-order valence-corrected chi connectivity index (χ3v) is 7.97. The summed E-state index contributed by atoms with van der Waals surface area (Å²) < 4.78 is 5.75. The average molecular weight is 218 g/mol. The summed E-state index contributed by atoms with van der Waals surface area (Å²) in [6, 6.07) is 0. The van der Waals surface area contributed by atoms with Gasteiger partial charge < -0.3 is 4.74 Å². The molecule has 1 nitrogen and oxygen atoms in total. The van der Waals surface area contributed by atoms with E-state index >= 15 is 0 Å². The molecule has 80 valence electrons. The van der Waals surface area contributed by atoms with Crippen LogP contribution in [0.2, 0.25) is 37.3 Å². The molecule has 0 bridgehead atoms. The lowest BCUT2D eigenvalue weighted by Gasteiger charge is -2.18. The molecule has 0 aliphatic heterocycles. The van der Waals surface area contributed by atoms with Gasteiger partial charge in [0.15, 0.2) is 0 Å². The molecule has 2 unspecified atom stereocenters. The normalized spacial score (nSPS) is 16.6. The predicted octanol–water partition coefficient (Wildman–Crippen LogP) is 2.76. The molecule has 0 N–H and O–H groups in total. The Labute approximate surface area is 87.1 Å². The van der Waals surface area contributed by atoms with E-state index in [0.29, 0.717) is 0 Å². The van der Waals surface area contributed by atoms with Gasteiger partial charge in [-0.25, -0.2) is 0 Å². The van der Waals surface area contributed by atoms with Crippen molar-refractivity contribution in [1.29, 1.82) is 0 Å². The van der Waals surface area contributed by atoms with Gasteiger partial charge in [0.2, 0.25) is 0 Å². The minimum atomic E-state index is -0.466. The smallest absolute Gasteiger partial charge is 0.0465 e. The van der Waals surface area contributed by atoms with Crippen LogP contribution in [-0.4, -0.2) is 30.8 Å². The molecule has 0 aromatic rings. The molecular formula is C10H26OSi2. The van der Waals surface area contributed by atoms with Gasteiger partial charge in [-0.2, -0.15) is 0 Å². The van der Waals surface area contributed by atoms with Gasteiger partial charge in [-0.15, -0.1) is 0 Å². The van der Waals surface area contributed by atoms with Crippen molar-refractivity contribution in [2.75, 3.05) is 13.2 Å². The Balaban J connectivity index is 3.45. The lowest BCUT2D eigenvalue weighted by molar-refractivity contribution is 0.134. The van der Waals surface area contributed by atoms with Crippen LogP contribution >= 0.6 is 0 Å². The zero-order valence-electron chi connectivity index (χ0n) is 10.1. The topological polar surface area (TPSA) is 9.23 Å². The van der Waals surface area contributed by atoms with E-state index in [-0.39, 0.29) is 0 Å². The molecule has 0 fully saturated rings. The second-order valence-electron chi connectivity index (χ2n) is 4.98. The molecule has 0 amide bonds. The van der Waals surface area contributed by atoms with Crippen molar-refractivity contribution in [3.05, 3.63) is 0 Å². The lowest BCUT2D eigenvalue weighted by atomic mass is 10.5. The second kappa shape index (κ2) is 6.79. The fourth-order valence-electron chi connectivity index (χ4n) is 0.825. The van der Waals surface area contributed by atoms with Crippen molar-refractivity contribution in [3.63, 3.8) is 0 Å². The largest absolute Gasteiger partial charge is 0.382 e. The van der Waals surface area contributed by atoms with Crippen molar-refractivity contribution in [1.82, 2.24) is 0 Å². The highest BCUT2D eigenvalue weighted by Gasteiger charge is 2.11. The summed E-state index contributed by atoms with van der Waals surface area (Å²) in [6.07, 6.45) is 0. The zero-order valence-corrected chi connectivity index (χ0v) is 12.4. The molecule has 2 atom stereocenters. The highest BCUT2D eigenvalue weighted by atomic mass is 28.3. The maximum atomic E-state index is 5.75. The zero-order chi connectivity index (χ0) is 10.4. The van der Waals surface area contributed by atoms with Gasteiger partial charge in [0, 0.05) is 30.8 Å². The summed E-state index contributed by atoms with van der Waals surface area (Å²) in [4.78, 5) is 0. The standard InChI is InChI=1S/C10H26OSi2/c1-9(12(3)4)7-11-8-10(2)13(5)6/h9-10,12-13H,7-8H2,1-6H3. The van der Waals surface area contributed by atoms with Crippen molar-refractivity contribution < 1.29 is 4.74 Å². The van der Waals surface area contributed by atoms with Crippen molar-refractivity contribution in [2.45, 2.75) is 51.1 Å². The van der Waals surface area contributed by atoms with Crippen molar-refractivity contribution in [3.8, 4) is 0 Å². The van der Waals surface area contributed by atoms with E-state index in [0.717, 1.165) is 24.3 Å². The van der Waals surface area contributed by atoms with Gasteiger partial charge in [0.25, 0.3) is 0 Å². The first-order chi connectivity index (χ1) is 5.95. The summed E-state index contributed by atoms with van der Waals surface area (Å²) in [5.74, 6) is 0. The van der Waals surface area contributed by atoms with Crippen LogP contribution in [0.5, 0.6) is 0 Å². The first-order valence-electron chi connectivity index (χ1n) is 5.52. The van der Waals surface area contributed by atoms with Crippen LogP contribution < -0.4 is 0 Å². The van der Waals surface area contributed by atoms with Crippen LogP contribution in [-0.2, 0) is 4.74 Å². The predicted molar refractivity (Wildman–Crippen MR) is 67.4 cm³/mol. The highest BCUT2D eigenvalue weighted by Crippen LogP contribution is 2.13. The van der Waals surface area contributed by atoms with Crippen LogP contribution in [0.4, 0.5) is 0 Å². The maximum absolute atomic E-state index is 5.75. The molecule has 0 saturated carbocycles. The molecule has 0 aromatic heterocycles. The number of ether oxygens (including phenoxy) is 1. The van der Waals surface area contributed by atoms with E-state index < -0.39 is 17.6 Å². The molecule has 0 radical (unpaired) electrons. The summed E-state index contributed by atoms with van der Waals surface area (Å²) in [5, 5.41) is 0. The number of hydrogen-bond acceptors (Lipinski definition) is 1. The average Bonchev–Trinajstić information content (AvgIpc) is 2.03. The van der Waals surface area contributed by atoms with Crippen LogP contribution in [0.15, 0.2) is 0 Å². The minimum Gasteiger partial charge on any atom is -0.382 e. The Bertz CT molecular complexity index is 112. The Morgan fingerprint density at radius 3 is 1.38 bits per heavy atom. The summed E-state index contributed by atoms with van der Waals surface area (Å²) >= 11 is 0. The van der Waals surface area contributed by atoms with E-state index in [4.69, 9.17) is 4.74 Å². The molecule has 0 aliphatic rings. The second-order valence-corrected chi connectivity index (χ2v) is 12.2. The Morgan fingerprint density at radius 1 is 0.846 bits per heavy atom. The van der Waals surface area contributed by atoms with Gasteiger partial charge in [-0.05, 0) is 11.1 Å². The quantitative estimate of drug-likeness (QED) is 0.623. The lowest BCUT2D eigenvalue weighted by Crippen LogP contribution is -2.19. The third kappa shape index (κ3) is 6.46. The highest BCUT2D eigenvalue weighted by molar-refractivity contribution is 6.57. The fraction of sp³-hybridized carbons (Fsp3) is 1.00. The number of rotatable bonds is 6. The molecule has 0 aliphatic carbocycles. The Hall–Kier alpha value is 0.394. The van der Waals surface area contributed by atoms with E-state index in [1.54, 1.807) is 0 Å². The van der Waals surface area contributed by atoms with Crippen LogP contribution in [0.1, 0.15) is 13.8 Å². The molecule has 0 aromatic carbocycles. The van der Waals surface area contributed by atoms with Gasteiger partial charge in [0.05, 0.1) is 0 Å². The van der Waals surface area contributed by atoms with Crippen molar-refractivity contribution >= 4 is 17.6 Å². The van der Waals surface area contributed by atoms with Gasteiger partial charge in [-0.3, -0.25) is 0 Å². The van der Waals surface area contributed by atoms with Crippen LogP contribution in [0.3, 0.4) is 0 Å². The molecular weight excluding hydrogens is 192 g/mol. The maximum Gasteiger partial charge on any atom is 0.0465 e. The summed E-state index contributed by atoms with van der Waals surface area (Å²) in [7, 11) is -0.932. The van der Waals surface area contributed by atoms with E-state index in [1.165, 1.54) is 0 Å². The number of hydrogen-bond donors (Lipinski definition) is 0. The first-order valence-corrected chi connectivity index (χ1v) is 11.5. The molecule has 0 saturated heterocycles. The SMILES string of the molecule is CC(COCC(C)[SiH](C)C)[SiH](C)C. The Morgan fingerprint density at radius 2 is 1.15 bits per heavy atom. The molecule has 0 spiro atoms. The van der Waals surface area contributed by atoms with Gasteiger partial charge in [0.1, 0.15) is 0 Å².